The summed E-state index contributed by atoms with van der Waals surface area (Å²) in [6.07, 6.45) is 2.64. The standard InChI is InChI=1S/C16H25FN2O/c1-12(16(18)14-5-7-15(17)8-6-14)19(2)9-10-20-11-13-3-4-13/h5-8,12-13,16H,3-4,9-11,18H2,1-2H3. The van der Waals surface area contributed by atoms with Crippen molar-refractivity contribution in [1.82, 2.24) is 4.90 Å². The molecule has 1 aliphatic carbocycles. The molecular formula is C16H25FN2O. The lowest BCUT2D eigenvalue weighted by Gasteiger charge is -2.29. The van der Waals surface area contributed by atoms with Crippen molar-refractivity contribution >= 4 is 0 Å². The van der Waals surface area contributed by atoms with Crippen LogP contribution >= 0.6 is 0 Å². The molecule has 3 nitrogen and oxygen atoms in total. The minimum absolute atomic E-state index is 0.121. The first kappa shape index (κ1) is 15.4. The maximum absolute atomic E-state index is 12.9. The zero-order valence-electron chi connectivity index (χ0n) is 12.4. The summed E-state index contributed by atoms with van der Waals surface area (Å²) in [6.45, 7) is 4.59. The summed E-state index contributed by atoms with van der Waals surface area (Å²) in [6, 6.07) is 6.50. The van der Waals surface area contributed by atoms with Gasteiger partial charge in [0.25, 0.3) is 0 Å². The van der Waals surface area contributed by atoms with Gasteiger partial charge in [0.1, 0.15) is 5.82 Å². The normalized spacial score (nSPS) is 18.2. The van der Waals surface area contributed by atoms with Crippen LogP contribution in [0, 0.1) is 11.7 Å². The lowest BCUT2D eigenvalue weighted by Crippen LogP contribution is -2.40. The average Bonchev–Trinajstić information content (AvgIpc) is 3.26. The molecule has 1 saturated carbocycles. The number of benzene rings is 1. The minimum Gasteiger partial charge on any atom is -0.380 e. The lowest BCUT2D eigenvalue weighted by molar-refractivity contribution is 0.0896. The van der Waals surface area contributed by atoms with Crippen LogP contribution in [0.5, 0.6) is 0 Å². The number of nitrogens with zero attached hydrogens (tertiary/aromatic N) is 1. The van der Waals surface area contributed by atoms with E-state index in [9.17, 15) is 4.39 Å². The number of hydrogen-bond acceptors (Lipinski definition) is 3. The number of likely N-dealkylation sites (N-methyl/N-ethyl adjacent to an activating group) is 1. The Labute approximate surface area is 120 Å². The molecular weight excluding hydrogens is 255 g/mol. The van der Waals surface area contributed by atoms with Gasteiger partial charge in [-0.2, -0.15) is 0 Å². The van der Waals surface area contributed by atoms with Crippen LogP contribution in [0.3, 0.4) is 0 Å². The van der Waals surface area contributed by atoms with Crippen molar-refractivity contribution < 1.29 is 9.13 Å². The van der Waals surface area contributed by atoms with Crippen LogP contribution < -0.4 is 5.73 Å². The highest BCUT2D eigenvalue weighted by Gasteiger charge is 2.22. The summed E-state index contributed by atoms with van der Waals surface area (Å²) in [5.74, 6) is 0.578. The molecule has 20 heavy (non-hydrogen) atoms. The van der Waals surface area contributed by atoms with Gasteiger partial charge in [-0.1, -0.05) is 12.1 Å². The van der Waals surface area contributed by atoms with Gasteiger partial charge in [-0.25, -0.2) is 4.39 Å². The summed E-state index contributed by atoms with van der Waals surface area (Å²) in [5.41, 5.74) is 7.21. The molecule has 0 amide bonds. The Hall–Kier alpha value is -0.970. The van der Waals surface area contributed by atoms with Gasteiger partial charge in [-0.15, -0.1) is 0 Å². The molecule has 1 aliphatic rings. The third-order valence-corrected chi connectivity index (χ3v) is 4.11. The van der Waals surface area contributed by atoms with E-state index in [4.69, 9.17) is 10.5 Å². The molecule has 1 aromatic carbocycles. The molecule has 0 radical (unpaired) electrons. The van der Waals surface area contributed by atoms with Crippen LogP contribution in [0.15, 0.2) is 24.3 Å². The molecule has 0 heterocycles. The molecule has 0 aliphatic heterocycles. The average molecular weight is 280 g/mol. The van der Waals surface area contributed by atoms with Crippen LogP contribution in [-0.4, -0.2) is 37.7 Å². The van der Waals surface area contributed by atoms with Crippen molar-refractivity contribution in [3.05, 3.63) is 35.6 Å². The zero-order chi connectivity index (χ0) is 14.5. The first-order chi connectivity index (χ1) is 9.58. The van der Waals surface area contributed by atoms with Gasteiger partial charge >= 0.3 is 0 Å². The zero-order valence-corrected chi connectivity index (χ0v) is 12.4. The number of nitrogens with two attached hydrogens (primary N) is 1. The third-order valence-electron chi connectivity index (χ3n) is 4.11. The highest BCUT2D eigenvalue weighted by molar-refractivity contribution is 5.20. The fourth-order valence-electron chi connectivity index (χ4n) is 2.18. The van der Waals surface area contributed by atoms with Gasteiger partial charge in [0.05, 0.1) is 6.61 Å². The molecule has 1 aromatic rings. The molecule has 4 heteroatoms. The monoisotopic (exact) mass is 280 g/mol. The molecule has 1 fully saturated rings. The van der Waals surface area contributed by atoms with E-state index in [2.05, 4.69) is 18.9 Å². The summed E-state index contributed by atoms with van der Waals surface area (Å²) in [5, 5.41) is 0. The Bertz CT molecular complexity index is 405. The number of ether oxygens (including phenoxy) is 1. The van der Waals surface area contributed by atoms with Crippen LogP contribution in [0.2, 0.25) is 0 Å². The van der Waals surface area contributed by atoms with E-state index in [1.807, 2.05) is 0 Å². The fourth-order valence-corrected chi connectivity index (χ4v) is 2.18. The second kappa shape index (κ2) is 7.16. The lowest BCUT2D eigenvalue weighted by atomic mass is 10.0. The van der Waals surface area contributed by atoms with Crippen LogP contribution in [-0.2, 0) is 4.74 Å². The van der Waals surface area contributed by atoms with Crippen molar-refractivity contribution in [2.75, 3.05) is 26.8 Å². The van der Waals surface area contributed by atoms with E-state index in [-0.39, 0.29) is 17.9 Å². The number of halogens is 1. The topological polar surface area (TPSA) is 38.5 Å². The van der Waals surface area contributed by atoms with Crippen LogP contribution in [0.4, 0.5) is 4.39 Å². The van der Waals surface area contributed by atoms with E-state index in [0.717, 1.165) is 31.2 Å². The number of rotatable bonds is 8. The molecule has 0 bridgehead atoms. The Kier molecular flexibility index (Phi) is 5.52. The van der Waals surface area contributed by atoms with E-state index in [0.29, 0.717) is 0 Å². The van der Waals surface area contributed by atoms with Crippen molar-refractivity contribution in [2.45, 2.75) is 31.8 Å². The summed E-state index contributed by atoms with van der Waals surface area (Å²) >= 11 is 0. The predicted octanol–water partition coefficient (Wildman–Crippen LogP) is 2.57. The Morgan fingerprint density at radius 3 is 2.60 bits per heavy atom. The van der Waals surface area contributed by atoms with Crippen molar-refractivity contribution in [2.24, 2.45) is 11.7 Å². The quantitative estimate of drug-likeness (QED) is 0.744. The molecule has 112 valence electrons. The Morgan fingerprint density at radius 1 is 1.35 bits per heavy atom. The summed E-state index contributed by atoms with van der Waals surface area (Å²) in [4.78, 5) is 2.20. The second-order valence-corrected chi connectivity index (χ2v) is 5.82. The van der Waals surface area contributed by atoms with E-state index >= 15 is 0 Å². The first-order valence-corrected chi connectivity index (χ1v) is 7.37. The van der Waals surface area contributed by atoms with Gasteiger partial charge < -0.3 is 10.5 Å². The SMILES string of the molecule is CC(C(N)c1ccc(F)cc1)N(C)CCOCC1CC1. The molecule has 0 spiro atoms. The van der Waals surface area contributed by atoms with Crippen molar-refractivity contribution in [1.29, 1.82) is 0 Å². The van der Waals surface area contributed by atoms with E-state index in [1.54, 1.807) is 12.1 Å². The fraction of sp³-hybridized carbons (Fsp3) is 0.625. The smallest absolute Gasteiger partial charge is 0.123 e. The first-order valence-electron chi connectivity index (χ1n) is 7.37. The highest BCUT2D eigenvalue weighted by Crippen LogP contribution is 2.28. The highest BCUT2D eigenvalue weighted by atomic mass is 19.1. The molecule has 0 aromatic heterocycles. The summed E-state index contributed by atoms with van der Waals surface area (Å²) < 4.78 is 18.6. The van der Waals surface area contributed by atoms with Crippen LogP contribution in [0.25, 0.3) is 0 Å². The van der Waals surface area contributed by atoms with Gasteiger partial charge in [-0.05, 0) is 50.4 Å². The number of hydrogen-bond donors (Lipinski definition) is 1. The molecule has 2 atom stereocenters. The van der Waals surface area contributed by atoms with Gasteiger partial charge in [0.2, 0.25) is 0 Å². The van der Waals surface area contributed by atoms with Crippen molar-refractivity contribution in [3.63, 3.8) is 0 Å². The maximum Gasteiger partial charge on any atom is 0.123 e. The van der Waals surface area contributed by atoms with E-state index < -0.39 is 0 Å². The van der Waals surface area contributed by atoms with Gasteiger partial charge in [0.15, 0.2) is 0 Å². The van der Waals surface area contributed by atoms with Gasteiger partial charge in [-0.3, -0.25) is 4.90 Å². The molecule has 0 saturated heterocycles. The molecule has 2 N–H and O–H groups in total. The second-order valence-electron chi connectivity index (χ2n) is 5.82. The minimum atomic E-state index is -0.226. The molecule has 2 unspecified atom stereocenters. The third kappa shape index (κ3) is 4.54. The Morgan fingerprint density at radius 2 is 2.00 bits per heavy atom. The van der Waals surface area contributed by atoms with Crippen molar-refractivity contribution in [3.8, 4) is 0 Å². The van der Waals surface area contributed by atoms with Crippen LogP contribution in [0.1, 0.15) is 31.4 Å². The maximum atomic E-state index is 12.9. The predicted molar refractivity (Wildman–Crippen MR) is 79.0 cm³/mol. The summed E-state index contributed by atoms with van der Waals surface area (Å²) in [7, 11) is 2.05. The van der Waals surface area contributed by atoms with Gasteiger partial charge in [0, 0.05) is 25.2 Å². The Balaban J connectivity index is 1.75. The van der Waals surface area contributed by atoms with E-state index in [1.165, 1.54) is 25.0 Å². The molecule has 2 rings (SSSR count). The largest absolute Gasteiger partial charge is 0.380 e.